The van der Waals surface area contributed by atoms with Crippen molar-refractivity contribution in [2.45, 2.75) is 25.7 Å². The largest absolute Gasteiger partial charge is 0.486 e. The van der Waals surface area contributed by atoms with E-state index in [2.05, 4.69) is 4.90 Å². The highest BCUT2D eigenvalue weighted by molar-refractivity contribution is 5.84. The first kappa shape index (κ1) is 16.5. The van der Waals surface area contributed by atoms with E-state index in [1.54, 1.807) is 13.2 Å². The summed E-state index contributed by atoms with van der Waals surface area (Å²) in [5.41, 5.74) is 1.23. The van der Waals surface area contributed by atoms with Gasteiger partial charge in [0, 0.05) is 26.7 Å². The zero-order valence-corrected chi connectivity index (χ0v) is 13.6. The van der Waals surface area contributed by atoms with Crippen molar-refractivity contribution in [1.29, 1.82) is 0 Å². The fourth-order valence-corrected chi connectivity index (χ4v) is 2.81. The van der Waals surface area contributed by atoms with Gasteiger partial charge in [0.1, 0.15) is 18.1 Å². The predicted molar refractivity (Wildman–Crippen MR) is 87.1 cm³/mol. The molecule has 2 aromatic rings. The second kappa shape index (κ2) is 7.51. The molecule has 0 saturated carbocycles. The van der Waals surface area contributed by atoms with Crippen molar-refractivity contribution in [3.63, 3.8) is 0 Å². The first-order chi connectivity index (χ1) is 11.6. The number of methoxy groups -OCH3 is 1. The van der Waals surface area contributed by atoms with Crippen LogP contribution < -0.4 is 4.74 Å². The highest BCUT2D eigenvalue weighted by Gasteiger charge is 2.21. The quantitative estimate of drug-likeness (QED) is 0.841. The Balaban J connectivity index is 1.50. The molecule has 1 aliphatic rings. The molecule has 3 rings (SSSR count). The van der Waals surface area contributed by atoms with E-state index < -0.39 is 5.97 Å². The Bertz CT molecular complexity index is 679. The van der Waals surface area contributed by atoms with E-state index in [1.165, 1.54) is 11.6 Å². The zero-order valence-electron chi connectivity index (χ0n) is 13.6. The standard InChI is InChI=1S/C18H21NO5/c1-22-15-8-9-19(11-15)10-13-2-4-14(5-3-13)23-12-16-6-7-17(24-16)18(20)21/h2-7,15H,8-12H2,1H3,(H,20,21)/t15-/m0/s1. The molecule has 6 nitrogen and oxygen atoms in total. The molecule has 0 bridgehead atoms. The Kier molecular flexibility index (Phi) is 5.17. The van der Waals surface area contributed by atoms with Crippen LogP contribution in [0.5, 0.6) is 5.75 Å². The van der Waals surface area contributed by atoms with Crippen LogP contribution in [0, 0.1) is 0 Å². The number of hydrogen-bond donors (Lipinski definition) is 1. The molecular weight excluding hydrogens is 310 g/mol. The topological polar surface area (TPSA) is 72.1 Å². The Labute approximate surface area is 140 Å². The number of rotatable bonds is 7. The summed E-state index contributed by atoms with van der Waals surface area (Å²) >= 11 is 0. The Morgan fingerprint density at radius 2 is 2.08 bits per heavy atom. The van der Waals surface area contributed by atoms with Crippen LogP contribution in [0.4, 0.5) is 0 Å². The van der Waals surface area contributed by atoms with E-state index in [9.17, 15) is 4.79 Å². The highest BCUT2D eigenvalue weighted by atomic mass is 16.5. The highest BCUT2D eigenvalue weighted by Crippen LogP contribution is 2.19. The second-order valence-electron chi connectivity index (χ2n) is 5.89. The van der Waals surface area contributed by atoms with E-state index in [4.69, 9.17) is 19.0 Å². The molecular formula is C18H21NO5. The van der Waals surface area contributed by atoms with Gasteiger partial charge in [0.2, 0.25) is 5.76 Å². The van der Waals surface area contributed by atoms with Gasteiger partial charge in [-0.3, -0.25) is 4.90 Å². The average Bonchev–Trinajstić information content (AvgIpc) is 3.23. The van der Waals surface area contributed by atoms with Crippen LogP contribution in [-0.2, 0) is 17.9 Å². The summed E-state index contributed by atoms with van der Waals surface area (Å²) in [6.45, 7) is 3.13. The number of likely N-dealkylation sites (tertiary alicyclic amines) is 1. The Morgan fingerprint density at radius 1 is 1.29 bits per heavy atom. The molecule has 0 spiro atoms. The summed E-state index contributed by atoms with van der Waals surface area (Å²) < 4.78 is 16.2. The van der Waals surface area contributed by atoms with Gasteiger partial charge in [0.05, 0.1) is 6.10 Å². The fourth-order valence-electron chi connectivity index (χ4n) is 2.81. The fraction of sp³-hybridized carbons (Fsp3) is 0.389. The summed E-state index contributed by atoms with van der Waals surface area (Å²) in [6, 6.07) is 11.0. The number of hydrogen-bond acceptors (Lipinski definition) is 5. The lowest BCUT2D eigenvalue weighted by molar-refractivity contribution is 0.0658. The number of ether oxygens (including phenoxy) is 2. The van der Waals surface area contributed by atoms with Gasteiger partial charge in [-0.1, -0.05) is 12.1 Å². The number of aromatic carboxylic acids is 1. The first-order valence-corrected chi connectivity index (χ1v) is 7.93. The molecule has 1 saturated heterocycles. The van der Waals surface area contributed by atoms with Gasteiger partial charge in [0.25, 0.3) is 0 Å². The second-order valence-corrected chi connectivity index (χ2v) is 5.89. The SMILES string of the molecule is CO[C@H]1CCN(Cc2ccc(OCc3ccc(C(=O)O)o3)cc2)C1. The third kappa shape index (κ3) is 4.15. The summed E-state index contributed by atoms with van der Waals surface area (Å²) in [7, 11) is 1.76. The lowest BCUT2D eigenvalue weighted by Gasteiger charge is -2.15. The van der Waals surface area contributed by atoms with Crippen molar-refractivity contribution >= 4 is 5.97 Å². The molecule has 1 N–H and O–H groups in total. The van der Waals surface area contributed by atoms with Gasteiger partial charge in [0.15, 0.2) is 0 Å². The number of carbonyl (C=O) groups is 1. The van der Waals surface area contributed by atoms with E-state index in [0.717, 1.165) is 31.8 Å². The third-order valence-corrected chi connectivity index (χ3v) is 4.15. The summed E-state index contributed by atoms with van der Waals surface area (Å²) in [5.74, 6) is 0.0505. The number of carboxylic acid groups (broad SMARTS) is 1. The van der Waals surface area contributed by atoms with Gasteiger partial charge in [-0.2, -0.15) is 0 Å². The molecule has 1 atom stereocenters. The van der Waals surface area contributed by atoms with Gasteiger partial charge in [-0.05, 0) is 36.2 Å². The van der Waals surface area contributed by atoms with Crippen LogP contribution >= 0.6 is 0 Å². The molecule has 1 fully saturated rings. The van der Waals surface area contributed by atoms with Crippen molar-refractivity contribution < 1.29 is 23.8 Å². The van der Waals surface area contributed by atoms with Gasteiger partial charge in [-0.15, -0.1) is 0 Å². The molecule has 0 amide bonds. The molecule has 0 unspecified atom stereocenters. The monoisotopic (exact) mass is 331 g/mol. The predicted octanol–water partition coefficient (Wildman–Crippen LogP) is 2.78. The maximum Gasteiger partial charge on any atom is 0.371 e. The summed E-state index contributed by atoms with van der Waals surface area (Å²) in [5, 5.41) is 8.82. The molecule has 2 heterocycles. The van der Waals surface area contributed by atoms with Gasteiger partial charge in [-0.25, -0.2) is 4.79 Å². The first-order valence-electron chi connectivity index (χ1n) is 7.93. The average molecular weight is 331 g/mol. The molecule has 0 aliphatic carbocycles. The lowest BCUT2D eigenvalue weighted by atomic mass is 10.2. The molecule has 6 heteroatoms. The van der Waals surface area contributed by atoms with E-state index in [1.807, 2.05) is 24.3 Å². The van der Waals surface area contributed by atoms with Crippen molar-refractivity contribution in [3.8, 4) is 5.75 Å². The van der Waals surface area contributed by atoms with Crippen molar-refractivity contribution in [1.82, 2.24) is 4.90 Å². The molecule has 128 valence electrons. The van der Waals surface area contributed by atoms with E-state index in [-0.39, 0.29) is 12.4 Å². The smallest absolute Gasteiger partial charge is 0.371 e. The molecule has 24 heavy (non-hydrogen) atoms. The van der Waals surface area contributed by atoms with Crippen molar-refractivity contribution in [2.75, 3.05) is 20.2 Å². The minimum atomic E-state index is -1.08. The van der Waals surface area contributed by atoms with Gasteiger partial charge >= 0.3 is 5.97 Å². The number of nitrogens with zero attached hydrogens (tertiary/aromatic N) is 1. The molecule has 0 radical (unpaired) electrons. The van der Waals surface area contributed by atoms with E-state index >= 15 is 0 Å². The van der Waals surface area contributed by atoms with Gasteiger partial charge < -0.3 is 19.0 Å². The Morgan fingerprint density at radius 3 is 2.71 bits per heavy atom. The summed E-state index contributed by atoms with van der Waals surface area (Å²) in [6.07, 6.45) is 1.43. The third-order valence-electron chi connectivity index (χ3n) is 4.15. The molecule has 1 aliphatic heterocycles. The van der Waals surface area contributed by atoms with Crippen LogP contribution in [-0.4, -0.2) is 42.3 Å². The summed E-state index contributed by atoms with van der Waals surface area (Å²) in [4.78, 5) is 13.1. The number of benzene rings is 1. The van der Waals surface area contributed by atoms with Crippen LogP contribution in [0.25, 0.3) is 0 Å². The maximum absolute atomic E-state index is 10.8. The van der Waals surface area contributed by atoms with Crippen LogP contribution in [0.15, 0.2) is 40.8 Å². The number of carboxylic acids is 1. The minimum Gasteiger partial charge on any atom is -0.486 e. The molecule has 1 aromatic carbocycles. The maximum atomic E-state index is 10.8. The van der Waals surface area contributed by atoms with Crippen LogP contribution in [0.3, 0.4) is 0 Å². The lowest BCUT2D eigenvalue weighted by Crippen LogP contribution is -2.22. The van der Waals surface area contributed by atoms with Crippen molar-refractivity contribution in [2.24, 2.45) is 0 Å². The normalized spacial score (nSPS) is 18.0. The van der Waals surface area contributed by atoms with Crippen molar-refractivity contribution in [3.05, 3.63) is 53.5 Å². The zero-order chi connectivity index (χ0) is 16.9. The van der Waals surface area contributed by atoms with Crippen LogP contribution in [0.2, 0.25) is 0 Å². The minimum absolute atomic E-state index is 0.0797. The Hall–Kier alpha value is -2.31. The van der Waals surface area contributed by atoms with Crippen LogP contribution in [0.1, 0.15) is 28.3 Å². The molecule has 1 aromatic heterocycles. The van der Waals surface area contributed by atoms with E-state index in [0.29, 0.717) is 11.9 Å². The number of furan rings is 1.